The van der Waals surface area contributed by atoms with Crippen molar-refractivity contribution in [3.63, 3.8) is 0 Å². The first kappa shape index (κ1) is 15.0. The highest BCUT2D eigenvalue weighted by molar-refractivity contribution is 9.10. The van der Waals surface area contributed by atoms with Gasteiger partial charge in [-0.05, 0) is 24.6 Å². The van der Waals surface area contributed by atoms with Crippen LogP contribution in [0.1, 0.15) is 29.6 Å². The molecule has 0 aliphatic carbocycles. The van der Waals surface area contributed by atoms with Crippen molar-refractivity contribution >= 4 is 21.7 Å². The highest BCUT2D eigenvalue weighted by Gasteiger charge is 2.26. The molecular weight excluding hydrogens is 313 g/mol. The molecule has 0 radical (unpaired) electrons. The standard InChI is InChI=1S/C12H12BrF3O2/c1-18-11-7-8(13)4-5-9(11)10(17)3-2-6-12(14,15)16/h4-5,7H,2-3,6H2,1H3. The SMILES string of the molecule is COc1cc(Br)ccc1C(=O)CCCC(F)(F)F. The topological polar surface area (TPSA) is 26.3 Å². The zero-order valence-electron chi connectivity index (χ0n) is 9.68. The van der Waals surface area contributed by atoms with E-state index in [-0.39, 0.29) is 18.6 Å². The van der Waals surface area contributed by atoms with Gasteiger partial charge in [0.15, 0.2) is 5.78 Å². The molecule has 0 heterocycles. The first-order valence-electron chi connectivity index (χ1n) is 5.27. The van der Waals surface area contributed by atoms with Crippen molar-refractivity contribution in [1.82, 2.24) is 0 Å². The van der Waals surface area contributed by atoms with Crippen LogP contribution < -0.4 is 4.74 Å². The molecule has 0 fully saturated rings. The van der Waals surface area contributed by atoms with Crippen LogP contribution in [0.4, 0.5) is 13.2 Å². The van der Waals surface area contributed by atoms with Crippen molar-refractivity contribution in [1.29, 1.82) is 0 Å². The van der Waals surface area contributed by atoms with Crippen molar-refractivity contribution in [3.8, 4) is 5.75 Å². The second kappa shape index (κ2) is 6.22. The Labute approximate surface area is 111 Å². The van der Waals surface area contributed by atoms with Crippen LogP contribution in [0.25, 0.3) is 0 Å². The largest absolute Gasteiger partial charge is 0.496 e. The molecule has 1 aromatic carbocycles. The smallest absolute Gasteiger partial charge is 0.389 e. The van der Waals surface area contributed by atoms with E-state index in [2.05, 4.69) is 15.9 Å². The lowest BCUT2D eigenvalue weighted by Crippen LogP contribution is -2.09. The number of benzene rings is 1. The predicted octanol–water partition coefficient (Wildman–Crippen LogP) is 4.37. The Kier molecular flexibility index (Phi) is 5.19. The van der Waals surface area contributed by atoms with Gasteiger partial charge < -0.3 is 4.74 Å². The third kappa shape index (κ3) is 4.68. The zero-order valence-corrected chi connectivity index (χ0v) is 11.3. The van der Waals surface area contributed by atoms with E-state index >= 15 is 0 Å². The van der Waals surface area contributed by atoms with E-state index in [1.54, 1.807) is 18.2 Å². The van der Waals surface area contributed by atoms with Crippen LogP contribution in [-0.2, 0) is 0 Å². The van der Waals surface area contributed by atoms with Crippen molar-refractivity contribution in [2.45, 2.75) is 25.4 Å². The summed E-state index contributed by atoms with van der Waals surface area (Å²) in [6.07, 6.45) is -5.51. The average molecular weight is 325 g/mol. The Balaban J connectivity index is 2.67. The maximum atomic E-state index is 12.0. The first-order valence-corrected chi connectivity index (χ1v) is 6.06. The molecule has 100 valence electrons. The number of hydrogen-bond acceptors (Lipinski definition) is 2. The van der Waals surface area contributed by atoms with Crippen molar-refractivity contribution in [2.75, 3.05) is 7.11 Å². The highest BCUT2D eigenvalue weighted by atomic mass is 79.9. The van der Waals surface area contributed by atoms with E-state index in [9.17, 15) is 18.0 Å². The number of Topliss-reactive ketones (excluding diaryl/α,β-unsaturated/α-hetero) is 1. The molecule has 18 heavy (non-hydrogen) atoms. The van der Waals surface area contributed by atoms with Gasteiger partial charge >= 0.3 is 6.18 Å². The molecule has 0 aliphatic rings. The summed E-state index contributed by atoms with van der Waals surface area (Å²) in [5.41, 5.74) is 0.308. The number of ketones is 1. The minimum atomic E-state index is -4.22. The van der Waals surface area contributed by atoms with Crippen LogP contribution in [0.5, 0.6) is 5.75 Å². The third-order valence-electron chi connectivity index (χ3n) is 2.33. The number of ether oxygens (including phenoxy) is 1. The summed E-state index contributed by atoms with van der Waals surface area (Å²) >= 11 is 3.22. The molecule has 2 nitrogen and oxygen atoms in total. The van der Waals surface area contributed by atoms with E-state index in [0.717, 1.165) is 4.47 Å². The normalized spacial score (nSPS) is 11.4. The molecule has 0 amide bonds. The fourth-order valence-corrected chi connectivity index (χ4v) is 1.82. The summed E-state index contributed by atoms with van der Waals surface area (Å²) < 4.78 is 41.7. The molecule has 0 unspecified atom stereocenters. The fourth-order valence-electron chi connectivity index (χ4n) is 1.48. The number of carbonyl (C=O) groups is 1. The molecule has 6 heteroatoms. The Hall–Kier alpha value is -1.04. The fraction of sp³-hybridized carbons (Fsp3) is 0.417. The molecule has 0 saturated carbocycles. The quantitative estimate of drug-likeness (QED) is 0.751. The van der Waals surface area contributed by atoms with Crippen LogP contribution in [0.2, 0.25) is 0 Å². The molecule has 0 N–H and O–H groups in total. The van der Waals surface area contributed by atoms with Gasteiger partial charge in [-0.2, -0.15) is 13.2 Å². The van der Waals surface area contributed by atoms with Crippen LogP contribution in [0.3, 0.4) is 0 Å². The zero-order chi connectivity index (χ0) is 13.8. The summed E-state index contributed by atoms with van der Waals surface area (Å²) in [7, 11) is 1.41. The molecule has 0 aliphatic heterocycles. The van der Waals surface area contributed by atoms with Crippen molar-refractivity contribution < 1.29 is 22.7 Å². The van der Waals surface area contributed by atoms with Gasteiger partial charge in [0.1, 0.15) is 5.75 Å². The van der Waals surface area contributed by atoms with E-state index in [1.807, 2.05) is 0 Å². The summed E-state index contributed by atoms with van der Waals surface area (Å²) in [5, 5.41) is 0. The first-order chi connectivity index (χ1) is 8.33. The maximum absolute atomic E-state index is 12.0. The maximum Gasteiger partial charge on any atom is 0.389 e. The Morgan fingerprint density at radius 2 is 2.06 bits per heavy atom. The van der Waals surface area contributed by atoms with Gasteiger partial charge in [0.2, 0.25) is 0 Å². The van der Waals surface area contributed by atoms with Gasteiger partial charge in [-0.3, -0.25) is 4.79 Å². The van der Waals surface area contributed by atoms with E-state index < -0.39 is 12.6 Å². The molecule has 0 spiro atoms. The summed E-state index contributed by atoms with van der Waals surface area (Å²) in [6, 6.07) is 4.80. The minimum Gasteiger partial charge on any atom is -0.496 e. The van der Waals surface area contributed by atoms with Gasteiger partial charge in [-0.25, -0.2) is 0 Å². The molecule has 1 rings (SSSR count). The molecular formula is C12H12BrF3O2. The molecule has 0 saturated heterocycles. The average Bonchev–Trinajstić information content (AvgIpc) is 2.26. The van der Waals surface area contributed by atoms with Gasteiger partial charge in [0.25, 0.3) is 0 Å². The summed E-state index contributed by atoms with van der Waals surface area (Å²) in [4.78, 5) is 11.8. The van der Waals surface area contributed by atoms with E-state index in [0.29, 0.717) is 11.3 Å². The van der Waals surface area contributed by atoms with E-state index in [1.165, 1.54) is 7.11 Å². The van der Waals surface area contributed by atoms with Crippen LogP contribution in [0.15, 0.2) is 22.7 Å². The van der Waals surface area contributed by atoms with Gasteiger partial charge in [-0.15, -0.1) is 0 Å². The molecule has 0 atom stereocenters. The number of carbonyl (C=O) groups excluding carboxylic acids is 1. The Morgan fingerprint density at radius 3 is 2.61 bits per heavy atom. The van der Waals surface area contributed by atoms with Crippen LogP contribution in [0, 0.1) is 0 Å². The van der Waals surface area contributed by atoms with Gasteiger partial charge in [-0.1, -0.05) is 15.9 Å². The lowest BCUT2D eigenvalue weighted by Gasteiger charge is -2.09. The van der Waals surface area contributed by atoms with Crippen LogP contribution >= 0.6 is 15.9 Å². The number of rotatable bonds is 5. The Morgan fingerprint density at radius 1 is 1.39 bits per heavy atom. The van der Waals surface area contributed by atoms with E-state index in [4.69, 9.17) is 4.74 Å². The molecule has 1 aromatic rings. The molecule has 0 aromatic heterocycles. The minimum absolute atomic E-state index is 0.141. The Bertz CT molecular complexity index is 430. The summed E-state index contributed by atoms with van der Waals surface area (Å²) in [6.45, 7) is 0. The summed E-state index contributed by atoms with van der Waals surface area (Å²) in [5.74, 6) is 0.0185. The van der Waals surface area contributed by atoms with Gasteiger partial charge in [0, 0.05) is 17.3 Å². The van der Waals surface area contributed by atoms with Gasteiger partial charge in [0.05, 0.1) is 12.7 Å². The predicted molar refractivity (Wildman–Crippen MR) is 64.9 cm³/mol. The number of methoxy groups -OCH3 is 1. The van der Waals surface area contributed by atoms with Crippen molar-refractivity contribution in [2.24, 2.45) is 0 Å². The van der Waals surface area contributed by atoms with Crippen molar-refractivity contribution in [3.05, 3.63) is 28.2 Å². The lowest BCUT2D eigenvalue weighted by molar-refractivity contribution is -0.135. The molecule has 0 bridgehead atoms. The number of alkyl halides is 3. The second-order valence-electron chi connectivity index (χ2n) is 3.74. The monoisotopic (exact) mass is 324 g/mol. The second-order valence-corrected chi connectivity index (χ2v) is 4.65. The number of halogens is 4. The third-order valence-corrected chi connectivity index (χ3v) is 2.82. The number of hydrogen-bond donors (Lipinski definition) is 0. The lowest BCUT2D eigenvalue weighted by atomic mass is 10.0. The highest BCUT2D eigenvalue weighted by Crippen LogP contribution is 2.27. The van der Waals surface area contributed by atoms with Crippen LogP contribution in [-0.4, -0.2) is 19.1 Å².